The van der Waals surface area contributed by atoms with Crippen LogP contribution in [0.5, 0.6) is 11.5 Å². The summed E-state index contributed by atoms with van der Waals surface area (Å²) in [5.41, 5.74) is 1.63. The number of aryl methyl sites for hydroxylation is 2. The SMILES string of the molecule is COc1cc(CCCC(=O)C(=O)OC(C)C)ccc1OCc1nc(-c2ccco2)oc1C. The number of furan rings is 1. The Kier molecular flexibility index (Phi) is 7.70. The molecule has 0 aliphatic rings. The Morgan fingerprint density at radius 3 is 2.66 bits per heavy atom. The Bertz CT molecular complexity index is 1050. The van der Waals surface area contributed by atoms with Crippen LogP contribution in [0.3, 0.4) is 0 Å². The fraction of sp³-hybridized carbons (Fsp3) is 0.375. The first-order valence-electron chi connectivity index (χ1n) is 10.4. The highest BCUT2D eigenvalue weighted by Crippen LogP contribution is 2.30. The van der Waals surface area contributed by atoms with Gasteiger partial charge in [0.2, 0.25) is 5.78 Å². The predicted octanol–water partition coefficient (Wildman–Crippen LogP) is 4.67. The number of esters is 1. The molecule has 0 saturated heterocycles. The Labute approximate surface area is 186 Å². The lowest BCUT2D eigenvalue weighted by molar-refractivity contribution is -0.156. The van der Waals surface area contributed by atoms with E-state index in [0.717, 1.165) is 5.56 Å². The van der Waals surface area contributed by atoms with Crippen LogP contribution >= 0.6 is 0 Å². The molecule has 2 aromatic heterocycles. The Morgan fingerprint density at radius 1 is 1.16 bits per heavy atom. The van der Waals surface area contributed by atoms with E-state index in [4.69, 9.17) is 23.0 Å². The number of methoxy groups -OCH3 is 1. The van der Waals surface area contributed by atoms with Crippen LogP contribution in [0.25, 0.3) is 11.7 Å². The molecule has 0 saturated carbocycles. The highest BCUT2D eigenvalue weighted by molar-refractivity contribution is 6.33. The Morgan fingerprint density at radius 2 is 1.97 bits per heavy atom. The van der Waals surface area contributed by atoms with Gasteiger partial charge in [0.15, 0.2) is 17.3 Å². The van der Waals surface area contributed by atoms with Crippen molar-refractivity contribution in [3.05, 3.63) is 53.6 Å². The smallest absolute Gasteiger partial charge is 0.374 e. The van der Waals surface area contributed by atoms with Crippen LogP contribution in [-0.2, 0) is 27.4 Å². The quantitative estimate of drug-likeness (QED) is 0.312. The summed E-state index contributed by atoms with van der Waals surface area (Å²) < 4.78 is 27.2. The van der Waals surface area contributed by atoms with Gasteiger partial charge in [0.25, 0.3) is 5.89 Å². The first-order chi connectivity index (χ1) is 15.4. The first-order valence-corrected chi connectivity index (χ1v) is 10.4. The van der Waals surface area contributed by atoms with Crippen LogP contribution in [-0.4, -0.2) is 30.0 Å². The number of carbonyl (C=O) groups is 2. The number of ether oxygens (including phenoxy) is 3. The van der Waals surface area contributed by atoms with Gasteiger partial charge < -0.3 is 23.0 Å². The molecule has 0 radical (unpaired) electrons. The van der Waals surface area contributed by atoms with Crippen LogP contribution in [0.4, 0.5) is 0 Å². The summed E-state index contributed by atoms with van der Waals surface area (Å²) in [5.74, 6) is 1.45. The van der Waals surface area contributed by atoms with Gasteiger partial charge in [-0.05, 0) is 63.4 Å². The van der Waals surface area contributed by atoms with Gasteiger partial charge in [0.1, 0.15) is 18.1 Å². The molecule has 0 unspecified atom stereocenters. The zero-order valence-electron chi connectivity index (χ0n) is 18.7. The van der Waals surface area contributed by atoms with Crippen molar-refractivity contribution in [1.29, 1.82) is 0 Å². The van der Waals surface area contributed by atoms with Crippen molar-refractivity contribution in [2.24, 2.45) is 0 Å². The predicted molar refractivity (Wildman–Crippen MR) is 115 cm³/mol. The molecule has 0 fully saturated rings. The van der Waals surface area contributed by atoms with Crippen molar-refractivity contribution in [3.8, 4) is 23.1 Å². The highest BCUT2D eigenvalue weighted by Gasteiger charge is 2.17. The number of Topliss-reactive ketones (excluding diaryl/α,β-unsaturated/α-hetero) is 1. The van der Waals surface area contributed by atoms with Crippen LogP contribution in [0.1, 0.15) is 43.7 Å². The lowest BCUT2D eigenvalue weighted by atomic mass is 10.1. The third-order valence-corrected chi connectivity index (χ3v) is 4.66. The molecule has 0 aliphatic heterocycles. The summed E-state index contributed by atoms with van der Waals surface area (Å²) >= 11 is 0. The number of hydrogen-bond acceptors (Lipinski definition) is 8. The molecule has 0 aliphatic carbocycles. The van der Waals surface area contributed by atoms with Crippen molar-refractivity contribution in [2.75, 3.05) is 7.11 Å². The number of aromatic nitrogens is 1. The van der Waals surface area contributed by atoms with Crippen molar-refractivity contribution < 1.29 is 32.6 Å². The average Bonchev–Trinajstić information content (AvgIpc) is 3.42. The number of rotatable bonds is 11. The standard InChI is InChI=1S/C24H27NO7/c1-15(2)31-24(27)19(26)8-5-7-17-10-11-20(22(13-17)28-4)30-14-18-16(3)32-23(25-18)21-9-6-12-29-21/h6,9-13,15H,5,7-8,14H2,1-4H3. The van der Waals surface area contributed by atoms with Gasteiger partial charge in [-0.2, -0.15) is 0 Å². The van der Waals surface area contributed by atoms with Gasteiger partial charge in [-0.1, -0.05) is 6.07 Å². The molecule has 0 N–H and O–H groups in total. The summed E-state index contributed by atoms with van der Waals surface area (Å²) in [4.78, 5) is 27.9. The van der Waals surface area contributed by atoms with Gasteiger partial charge in [0.05, 0.1) is 19.5 Å². The lowest BCUT2D eigenvalue weighted by Crippen LogP contribution is -2.20. The van der Waals surface area contributed by atoms with E-state index >= 15 is 0 Å². The second-order valence-electron chi connectivity index (χ2n) is 7.50. The van der Waals surface area contributed by atoms with E-state index in [9.17, 15) is 9.59 Å². The molecule has 0 atom stereocenters. The van der Waals surface area contributed by atoms with Crippen LogP contribution in [0.15, 0.2) is 45.4 Å². The Balaban J connectivity index is 1.56. The summed E-state index contributed by atoms with van der Waals surface area (Å²) in [6.45, 7) is 5.45. The zero-order chi connectivity index (χ0) is 23.1. The monoisotopic (exact) mass is 441 g/mol. The van der Waals surface area contributed by atoms with Gasteiger partial charge in [-0.25, -0.2) is 9.78 Å². The molecule has 3 rings (SSSR count). The normalized spacial score (nSPS) is 10.9. The molecule has 0 bridgehead atoms. The molecule has 0 spiro atoms. The lowest BCUT2D eigenvalue weighted by Gasteiger charge is -2.12. The van der Waals surface area contributed by atoms with Crippen molar-refractivity contribution in [1.82, 2.24) is 4.98 Å². The van der Waals surface area contributed by atoms with Gasteiger partial charge in [-0.15, -0.1) is 0 Å². The summed E-state index contributed by atoms with van der Waals surface area (Å²) in [5, 5.41) is 0. The number of benzene rings is 1. The topological polar surface area (TPSA) is 101 Å². The second-order valence-corrected chi connectivity index (χ2v) is 7.50. The van der Waals surface area contributed by atoms with E-state index in [1.54, 1.807) is 39.4 Å². The van der Waals surface area contributed by atoms with Crippen LogP contribution < -0.4 is 9.47 Å². The van der Waals surface area contributed by atoms with Crippen LogP contribution in [0, 0.1) is 6.92 Å². The second kappa shape index (κ2) is 10.7. The summed E-state index contributed by atoms with van der Waals surface area (Å²) in [6.07, 6.45) is 2.54. The van der Waals surface area contributed by atoms with E-state index in [1.165, 1.54) is 0 Å². The molecule has 8 nitrogen and oxygen atoms in total. The average molecular weight is 441 g/mol. The Hall–Kier alpha value is -3.55. The number of carbonyl (C=O) groups excluding carboxylic acids is 2. The fourth-order valence-corrected chi connectivity index (χ4v) is 3.04. The highest BCUT2D eigenvalue weighted by atomic mass is 16.5. The molecule has 0 amide bonds. The third kappa shape index (κ3) is 6.00. The molecule has 8 heteroatoms. The van der Waals surface area contributed by atoms with Crippen LogP contribution in [0.2, 0.25) is 0 Å². The minimum atomic E-state index is -0.778. The van der Waals surface area contributed by atoms with E-state index in [2.05, 4.69) is 4.98 Å². The molecular weight excluding hydrogens is 414 g/mol. The molecular formula is C24H27NO7. The first kappa shape index (κ1) is 23.1. The molecule has 2 heterocycles. The minimum Gasteiger partial charge on any atom is -0.493 e. The van der Waals surface area contributed by atoms with Crippen molar-refractivity contribution in [2.45, 2.75) is 52.7 Å². The maximum absolute atomic E-state index is 11.8. The van der Waals surface area contributed by atoms with Crippen molar-refractivity contribution in [3.63, 3.8) is 0 Å². The minimum absolute atomic E-state index is 0.134. The molecule has 3 aromatic rings. The maximum atomic E-state index is 11.8. The maximum Gasteiger partial charge on any atom is 0.374 e. The molecule has 1 aromatic carbocycles. The van der Waals surface area contributed by atoms with Gasteiger partial charge in [-0.3, -0.25) is 4.79 Å². The summed E-state index contributed by atoms with van der Waals surface area (Å²) in [7, 11) is 1.56. The molecule has 32 heavy (non-hydrogen) atoms. The summed E-state index contributed by atoms with van der Waals surface area (Å²) in [6, 6.07) is 9.11. The fourth-order valence-electron chi connectivity index (χ4n) is 3.04. The third-order valence-electron chi connectivity index (χ3n) is 4.66. The molecule has 170 valence electrons. The van der Waals surface area contributed by atoms with E-state index < -0.39 is 11.8 Å². The number of ketones is 1. The van der Waals surface area contributed by atoms with E-state index in [0.29, 0.717) is 47.4 Å². The number of oxazole rings is 1. The number of nitrogens with zero attached hydrogens (tertiary/aromatic N) is 1. The zero-order valence-corrected chi connectivity index (χ0v) is 18.7. The number of hydrogen-bond donors (Lipinski definition) is 0. The van der Waals surface area contributed by atoms with Gasteiger partial charge >= 0.3 is 5.97 Å². The van der Waals surface area contributed by atoms with E-state index in [1.807, 2.05) is 25.1 Å². The van der Waals surface area contributed by atoms with Gasteiger partial charge in [0, 0.05) is 6.42 Å². The van der Waals surface area contributed by atoms with E-state index in [-0.39, 0.29) is 19.1 Å². The largest absolute Gasteiger partial charge is 0.493 e. The van der Waals surface area contributed by atoms with Crippen molar-refractivity contribution >= 4 is 11.8 Å².